The zero-order valence-electron chi connectivity index (χ0n) is 13.2. The molecule has 0 spiro atoms. The largest absolute Gasteiger partial charge is 0.494 e. The minimum Gasteiger partial charge on any atom is -0.494 e. The zero-order valence-corrected chi connectivity index (χ0v) is 13.2. The van der Waals surface area contributed by atoms with Gasteiger partial charge in [-0.2, -0.15) is 0 Å². The zero-order chi connectivity index (χ0) is 16.5. The van der Waals surface area contributed by atoms with Gasteiger partial charge in [-0.25, -0.2) is 4.79 Å². The average molecular weight is 312 g/mol. The Kier molecular flexibility index (Phi) is 6.36. The Bertz CT molecular complexity index is 629. The smallest absolute Gasteiger partial charge is 0.343 e. The van der Waals surface area contributed by atoms with Crippen molar-refractivity contribution in [2.75, 3.05) is 6.61 Å². The van der Waals surface area contributed by atoms with Crippen LogP contribution in [0.3, 0.4) is 0 Å². The lowest BCUT2D eigenvalue weighted by Gasteiger charge is -2.07. The second-order valence-electron chi connectivity index (χ2n) is 5.16. The molecule has 0 N–H and O–H groups in total. The van der Waals surface area contributed by atoms with Crippen LogP contribution in [0, 0.1) is 0 Å². The van der Waals surface area contributed by atoms with E-state index in [0.29, 0.717) is 23.5 Å². The van der Waals surface area contributed by atoms with Crippen LogP contribution in [-0.4, -0.2) is 18.9 Å². The van der Waals surface area contributed by atoms with Crippen LogP contribution in [0.4, 0.5) is 0 Å². The molecule has 0 saturated carbocycles. The molecular formula is C19H20O4. The normalized spacial score (nSPS) is 10.1. The van der Waals surface area contributed by atoms with Gasteiger partial charge >= 0.3 is 5.97 Å². The predicted octanol–water partition coefficient (Wildman–Crippen LogP) is 4.29. The highest BCUT2D eigenvalue weighted by Gasteiger charge is 2.08. The summed E-state index contributed by atoms with van der Waals surface area (Å²) in [5.74, 6) is 0.704. The van der Waals surface area contributed by atoms with Crippen LogP contribution in [0.5, 0.6) is 11.5 Å². The highest BCUT2D eigenvalue weighted by Crippen LogP contribution is 2.16. The second-order valence-corrected chi connectivity index (χ2v) is 5.16. The molecule has 4 nitrogen and oxygen atoms in total. The average Bonchev–Trinajstić information content (AvgIpc) is 2.60. The van der Waals surface area contributed by atoms with Gasteiger partial charge in [0.05, 0.1) is 12.2 Å². The minimum absolute atomic E-state index is 0.403. The molecule has 0 amide bonds. The third kappa shape index (κ3) is 5.25. The van der Waals surface area contributed by atoms with E-state index >= 15 is 0 Å². The molecule has 0 bridgehead atoms. The molecule has 0 aliphatic heterocycles. The van der Waals surface area contributed by atoms with E-state index < -0.39 is 5.97 Å². The van der Waals surface area contributed by atoms with E-state index in [4.69, 9.17) is 9.47 Å². The first-order valence-electron chi connectivity index (χ1n) is 7.73. The van der Waals surface area contributed by atoms with Crippen molar-refractivity contribution < 1.29 is 19.1 Å². The lowest BCUT2D eigenvalue weighted by Crippen LogP contribution is -2.08. The first kappa shape index (κ1) is 16.7. The Morgan fingerprint density at radius 3 is 2.22 bits per heavy atom. The third-order valence-corrected chi connectivity index (χ3v) is 3.33. The molecule has 0 aromatic heterocycles. The van der Waals surface area contributed by atoms with Crippen LogP contribution in [0.2, 0.25) is 0 Å². The highest BCUT2D eigenvalue weighted by molar-refractivity contribution is 5.91. The highest BCUT2D eigenvalue weighted by atomic mass is 16.5. The SMILES string of the molecule is CCCCCOc1ccc(C(=O)Oc2ccc(C=O)cc2)cc1. The van der Waals surface area contributed by atoms with E-state index in [1.165, 1.54) is 0 Å². The van der Waals surface area contributed by atoms with Crippen molar-refractivity contribution >= 4 is 12.3 Å². The molecular weight excluding hydrogens is 292 g/mol. The number of carbonyl (C=O) groups excluding carboxylic acids is 2. The Balaban J connectivity index is 1.90. The first-order valence-corrected chi connectivity index (χ1v) is 7.73. The molecule has 0 atom stereocenters. The lowest BCUT2D eigenvalue weighted by molar-refractivity contribution is 0.0734. The Morgan fingerprint density at radius 2 is 1.61 bits per heavy atom. The molecule has 0 radical (unpaired) electrons. The number of ether oxygens (including phenoxy) is 2. The fraction of sp³-hybridized carbons (Fsp3) is 0.263. The lowest BCUT2D eigenvalue weighted by atomic mass is 10.2. The standard InChI is InChI=1S/C19H20O4/c1-2-3-4-13-22-17-11-7-16(8-12-17)19(21)23-18-9-5-15(14-20)6-10-18/h5-12,14H,2-4,13H2,1H3. The fourth-order valence-corrected chi connectivity index (χ4v) is 2.01. The van der Waals surface area contributed by atoms with Gasteiger partial charge in [0.25, 0.3) is 0 Å². The van der Waals surface area contributed by atoms with Gasteiger partial charge in [0, 0.05) is 5.56 Å². The summed E-state index contributed by atoms with van der Waals surface area (Å²) in [5.41, 5.74) is 0.986. The molecule has 2 rings (SSSR count). The maximum Gasteiger partial charge on any atom is 0.343 e. The number of hydrogen-bond donors (Lipinski definition) is 0. The molecule has 0 fully saturated rings. The number of hydrogen-bond acceptors (Lipinski definition) is 4. The Labute approximate surface area is 136 Å². The summed E-state index contributed by atoms with van der Waals surface area (Å²) in [6.07, 6.45) is 4.07. The van der Waals surface area contributed by atoms with Crippen molar-refractivity contribution in [1.29, 1.82) is 0 Å². The molecule has 0 unspecified atom stereocenters. The summed E-state index contributed by atoms with van der Waals surface area (Å²) in [6.45, 7) is 2.83. The summed E-state index contributed by atoms with van der Waals surface area (Å²) in [5, 5.41) is 0. The number of benzene rings is 2. The van der Waals surface area contributed by atoms with E-state index in [9.17, 15) is 9.59 Å². The molecule has 2 aromatic rings. The topological polar surface area (TPSA) is 52.6 Å². The summed E-state index contributed by atoms with van der Waals surface area (Å²) in [7, 11) is 0. The van der Waals surface area contributed by atoms with Gasteiger partial charge in [0.1, 0.15) is 17.8 Å². The number of esters is 1. The van der Waals surface area contributed by atoms with Crippen LogP contribution in [-0.2, 0) is 0 Å². The maximum atomic E-state index is 12.0. The van der Waals surface area contributed by atoms with Gasteiger partial charge in [-0.05, 0) is 55.0 Å². The van der Waals surface area contributed by atoms with Crippen molar-refractivity contribution in [3.8, 4) is 11.5 Å². The summed E-state index contributed by atoms with van der Waals surface area (Å²) in [6, 6.07) is 13.3. The maximum absolute atomic E-state index is 12.0. The summed E-state index contributed by atoms with van der Waals surface area (Å²) >= 11 is 0. The monoisotopic (exact) mass is 312 g/mol. The van der Waals surface area contributed by atoms with Crippen LogP contribution < -0.4 is 9.47 Å². The molecule has 2 aromatic carbocycles. The number of rotatable bonds is 8. The van der Waals surface area contributed by atoms with E-state index in [-0.39, 0.29) is 0 Å². The van der Waals surface area contributed by atoms with Crippen molar-refractivity contribution in [1.82, 2.24) is 0 Å². The van der Waals surface area contributed by atoms with Gasteiger partial charge in [0.2, 0.25) is 0 Å². The predicted molar refractivity (Wildman–Crippen MR) is 88.3 cm³/mol. The molecule has 0 aliphatic carbocycles. The number of unbranched alkanes of at least 4 members (excludes halogenated alkanes) is 2. The van der Waals surface area contributed by atoms with Gasteiger partial charge < -0.3 is 9.47 Å². The molecule has 0 saturated heterocycles. The van der Waals surface area contributed by atoms with E-state index in [2.05, 4.69) is 6.92 Å². The van der Waals surface area contributed by atoms with Crippen LogP contribution in [0.15, 0.2) is 48.5 Å². The van der Waals surface area contributed by atoms with Gasteiger partial charge in [-0.15, -0.1) is 0 Å². The first-order chi connectivity index (χ1) is 11.2. The number of aldehydes is 1. The van der Waals surface area contributed by atoms with E-state index in [0.717, 1.165) is 31.3 Å². The summed E-state index contributed by atoms with van der Waals surface area (Å²) < 4.78 is 10.9. The third-order valence-electron chi connectivity index (χ3n) is 3.33. The number of carbonyl (C=O) groups is 2. The van der Waals surface area contributed by atoms with Crippen molar-refractivity contribution in [3.63, 3.8) is 0 Å². The van der Waals surface area contributed by atoms with Gasteiger partial charge in [0.15, 0.2) is 0 Å². The van der Waals surface area contributed by atoms with E-state index in [1.54, 1.807) is 48.5 Å². The Hall–Kier alpha value is -2.62. The molecule has 0 heterocycles. The molecule has 0 aliphatic rings. The quantitative estimate of drug-likeness (QED) is 0.316. The van der Waals surface area contributed by atoms with Gasteiger partial charge in [-0.3, -0.25) is 4.79 Å². The minimum atomic E-state index is -0.443. The molecule has 23 heavy (non-hydrogen) atoms. The van der Waals surface area contributed by atoms with Gasteiger partial charge in [-0.1, -0.05) is 19.8 Å². The van der Waals surface area contributed by atoms with Crippen molar-refractivity contribution in [3.05, 3.63) is 59.7 Å². The van der Waals surface area contributed by atoms with Crippen LogP contribution >= 0.6 is 0 Å². The summed E-state index contributed by atoms with van der Waals surface area (Å²) in [4.78, 5) is 22.6. The van der Waals surface area contributed by atoms with Crippen molar-refractivity contribution in [2.45, 2.75) is 26.2 Å². The molecule has 120 valence electrons. The molecule has 4 heteroatoms. The van der Waals surface area contributed by atoms with Crippen molar-refractivity contribution in [2.24, 2.45) is 0 Å². The van der Waals surface area contributed by atoms with E-state index in [1.807, 2.05) is 0 Å². The van der Waals surface area contributed by atoms with Crippen LogP contribution in [0.1, 0.15) is 46.9 Å². The fourth-order valence-electron chi connectivity index (χ4n) is 2.01. The van der Waals surface area contributed by atoms with Crippen LogP contribution in [0.25, 0.3) is 0 Å². The Morgan fingerprint density at radius 1 is 0.957 bits per heavy atom. The second kappa shape index (κ2) is 8.73.